The number of morpholine rings is 1. The van der Waals surface area contributed by atoms with Crippen LogP contribution < -0.4 is 5.73 Å². The van der Waals surface area contributed by atoms with E-state index in [0.29, 0.717) is 6.54 Å². The van der Waals surface area contributed by atoms with Crippen LogP contribution in [0.2, 0.25) is 0 Å². The maximum absolute atomic E-state index is 5.62. The van der Waals surface area contributed by atoms with Gasteiger partial charge in [0.15, 0.2) is 0 Å². The standard InChI is InChI=1S/C12H17BrN2O.ClH/c13-11-3-1-10(2-4-11)8-15-5-6-16-12(7-14)9-15;/h1-4,12H,5-9,14H2;1H. The lowest BCUT2D eigenvalue weighted by Crippen LogP contribution is -2.45. The summed E-state index contributed by atoms with van der Waals surface area (Å²) in [5, 5.41) is 0. The molecule has 1 heterocycles. The van der Waals surface area contributed by atoms with Crippen molar-refractivity contribution in [2.75, 3.05) is 26.2 Å². The van der Waals surface area contributed by atoms with Gasteiger partial charge in [-0.3, -0.25) is 4.90 Å². The fourth-order valence-corrected chi connectivity index (χ4v) is 2.18. The number of benzene rings is 1. The highest BCUT2D eigenvalue weighted by molar-refractivity contribution is 9.10. The molecule has 0 spiro atoms. The Balaban J connectivity index is 0.00000144. The van der Waals surface area contributed by atoms with E-state index in [-0.39, 0.29) is 18.5 Å². The highest BCUT2D eigenvalue weighted by atomic mass is 79.9. The van der Waals surface area contributed by atoms with Crippen LogP contribution in [0, 0.1) is 0 Å². The van der Waals surface area contributed by atoms with Crippen LogP contribution in [0.5, 0.6) is 0 Å². The van der Waals surface area contributed by atoms with Gasteiger partial charge >= 0.3 is 0 Å². The molecule has 1 atom stereocenters. The Bertz CT molecular complexity index is 334. The van der Waals surface area contributed by atoms with E-state index < -0.39 is 0 Å². The largest absolute Gasteiger partial charge is 0.374 e. The van der Waals surface area contributed by atoms with Crippen LogP contribution >= 0.6 is 28.3 Å². The van der Waals surface area contributed by atoms with Crippen molar-refractivity contribution >= 4 is 28.3 Å². The predicted molar refractivity (Wildman–Crippen MR) is 75.5 cm³/mol. The van der Waals surface area contributed by atoms with E-state index in [2.05, 4.69) is 45.1 Å². The van der Waals surface area contributed by atoms with E-state index in [1.54, 1.807) is 0 Å². The lowest BCUT2D eigenvalue weighted by Gasteiger charge is -2.32. The quantitative estimate of drug-likeness (QED) is 0.926. The molecule has 0 saturated carbocycles. The fraction of sp³-hybridized carbons (Fsp3) is 0.500. The van der Waals surface area contributed by atoms with Crippen molar-refractivity contribution in [3.05, 3.63) is 34.3 Å². The van der Waals surface area contributed by atoms with Crippen molar-refractivity contribution in [3.63, 3.8) is 0 Å². The molecule has 0 radical (unpaired) electrons. The second-order valence-electron chi connectivity index (χ2n) is 4.09. The lowest BCUT2D eigenvalue weighted by atomic mass is 10.2. The minimum Gasteiger partial charge on any atom is -0.374 e. The molecule has 1 aliphatic heterocycles. The van der Waals surface area contributed by atoms with Crippen molar-refractivity contribution in [3.8, 4) is 0 Å². The van der Waals surface area contributed by atoms with Crippen molar-refractivity contribution in [2.24, 2.45) is 5.73 Å². The normalized spacial score (nSPS) is 20.9. The van der Waals surface area contributed by atoms with Gasteiger partial charge in [0.25, 0.3) is 0 Å². The first-order chi connectivity index (χ1) is 7.78. The monoisotopic (exact) mass is 320 g/mol. The Hall–Kier alpha value is -0.130. The summed E-state index contributed by atoms with van der Waals surface area (Å²) in [6.07, 6.45) is 0.198. The molecule has 2 N–H and O–H groups in total. The molecule has 1 fully saturated rings. The average Bonchev–Trinajstić information content (AvgIpc) is 2.32. The Morgan fingerprint density at radius 2 is 2.06 bits per heavy atom. The zero-order valence-corrected chi connectivity index (χ0v) is 12.0. The van der Waals surface area contributed by atoms with Gasteiger partial charge in [0, 0.05) is 30.7 Å². The third-order valence-electron chi connectivity index (χ3n) is 2.81. The molecular weight excluding hydrogens is 304 g/mol. The summed E-state index contributed by atoms with van der Waals surface area (Å²) < 4.78 is 6.66. The summed E-state index contributed by atoms with van der Waals surface area (Å²) in [6, 6.07) is 8.46. The molecule has 17 heavy (non-hydrogen) atoms. The van der Waals surface area contributed by atoms with Crippen molar-refractivity contribution in [1.82, 2.24) is 4.90 Å². The van der Waals surface area contributed by atoms with Gasteiger partial charge in [-0.05, 0) is 17.7 Å². The molecule has 1 unspecified atom stereocenters. The molecule has 0 aromatic heterocycles. The molecule has 2 rings (SSSR count). The van der Waals surface area contributed by atoms with E-state index in [9.17, 15) is 0 Å². The maximum Gasteiger partial charge on any atom is 0.0824 e. The zero-order valence-electron chi connectivity index (χ0n) is 9.64. The number of hydrogen-bond acceptors (Lipinski definition) is 3. The van der Waals surface area contributed by atoms with Crippen molar-refractivity contribution in [2.45, 2.75) is 12.6 Å². The van der Waals surface area contributed by atoms with E-state index >= 15 is 0 Å². The third-order valence-corrected chi connectivity index (χ3v) is 3.33. The highest BCUT2D eigenvalue weighted by Crippen LogP contribution is 2.14. The van der Waals surface area contributed by atoms with E-state index in [1.807, 2.05) is 0 Å². The third kappa shape index (κ3) is 4.56. The van der Waals surface area contributed by atoms with Gasteiger partial charge in [-0.2, -0.15) is 0 Å². The Kier molecular flexibility index (Phi) is 6.44. The number of nitrogens with two attached hydrogens (primary N) is 1. The minimum atomic E-state index is 0. The molecular formula is C12H18BrClN2O. The molecule has 3 nitrogen and oxygen atoms in total. The molecule has 1 aromatic rings. The second kappa shape index (κ2) is 7.34. The van der Waals surface area contributed by atoms with Crippen LogP contribution in [0.4, 0.5) is 0 Å². The van der Waals surface area contributed by atoms with Gasteiger partial charge in [0.1, 0.15) is 0 Å². The molecule has 1 saturated heterocycles. The fourth-order valence-electron chi connectivity index (χ4n) is 1.91. The van der Waals surface area contributed by atoms with Gasteiger partial charge in [0.2, 0.25) is 0 Å². The van der Waals surface area contributed by atoms with E-state index in [0.717, 1.165) is 30.7 Å². The van der Waals surface area contributed by atoms with E-state index in [4.69, 9.17) is 10.5 Å². The summed E-state index contributed by atoms with van der Waals surface area (Å²) in [4.78, 5) is 2.39. The van der Waals surface area contributed by atoms with Gasteiger partial charge in [-0.1, -0.05) is 28.1 Å². The smallest absolute Gasteiger partial charge is 0.0824 e. The number of hydrogen-bond donors (Lipinski definition) is 1. The summed E-state index contributed by atoms with van der Waals surface area (Å²) >= 11 is 3.44. The molecule has 5 heteroatoms. The Labute approximate surface area is 117 Å². The predicted octanol–water partition coefficient (Wildman–Crippen LogP) is 2.03. The Morgan fingerprint density at radius 1 is 1.35 bits per heavy atom. The molecule has 0 aliphatic carbocycles. The van der Waals surface area contributed by atoms with E-state index in [1.165, 1.54) is 5.56 Å². The molecule has 1 aromatic carbocycles. The SMILES string of the molecule is Cl.NCC1CN(Cc2ccc(Br)cc2)CCO1. The van der Waals surface area contributed by atoms with Crippen molar-refractivity contribution in [1.29, 1.82) is 0 Å². The minimum absolute atomic E-state index is 0. The van der Waals surface area contributed by atoms with Crippen LogP contribution in [0.15, 0.2) is 28.7 Å². The van der Waals surface area contributed by atoms with Crippen LogP contribution in [0.25, 0.3) is 0 Å². The van der Waals surface area contributed by atoms with Crippen LogP contribution in [0.1, 0.15) is 5.56 Å². The summed E-state index contributed by atoms with van der Waals surface area (Å²) in [7, 11) is 0. The summed E-state index contributed by atoms with van der Waals surface area (Å²) in [5.74, 6) is 0. The first kappa shape index (κ1) is 14.9. The second-order valence-corrected chi connectivity index (χ2v) is 5.01. The van der Waals surface area contributed by atoms with Crippen LogP contribution in [0.3, 0.4) is 0 Å². The maximum atomic E-state index is 5.62. The number of rotatable bonds is 3. The molecule has 0 bridgehead atoms. The molecule has 0 amide bonds. The van der Waals surface area contributed by atoms with Gasteiger partial charge in [0.05, 0.1) is 12.7 Å². The first-order valence-electron chi connectivity index (χ1n) is 5.56. The van der Waals surface area contributed by atoms with Crippen LogP contribution in [-0.4, -0.2) is 37.2 Å². The van der Waals surface area contributed by atoms with Crippen molar-refractivity contribution < 1.29 is 4.74 Å². The highest BCUT2D eigenvalue weighted by Gasteiger charge is 2.18. The number of halogens is 2. The van der Waals surface area contributed by atoms with Crippen LogP contribution in [-0.2, 0) is 11.3 Å². The average molecular weight is 322 g/mol. The molecule has 96 valence electrons. The van der Waals surface area contributed by atoms with Gasteiger partial charge in [-0.25, -0.2) is 0 Å². The van der Waals surface area contributed by atoms with Gasteiger partial charge < -0.3 is 10.5 Å². The zero-order chi connectivity index (χ0) is 11.4. The number of ether oxygens (including phenoxy) is 1. The molecule has 1 aliphatic rings. The topological polar surface area (TPSA) is 38.5 Å². The summed E-state index contributed by atoms with van der Waals surface area (Å²) in [5.41, 5.74) is 6.95. The summed E-state index contributed by atoms with van der Waals surface area (Å²) in [6.45, 7) is 4.31. The first-order valence-corrected chi connectivity index (χ1v) is 6.35. The van der Waals surface area contributed by atoms with Gasteiger partial charge in [-0.15, -0.1) is 12.4 Å². The Morgan fingerprint density at radius 3 is 2.71 bits per heavy atom. The lowest BCUT2D eigenvalue weighted by molar-refractivity contribution is -0.0260. The number of nitrogens with zero attached hydrogens (tertiary/aromatic N) is 1.